The van der Waals surface area contributed by atoms with E-state index in [1.165, 1.54) is 0 Å². The van der Waals surface area contributed by atoms with Gasteiger partial charge in [0.05, 0.1) is 24.9 Å². The molecule has 1 heterocycles. The molecule has 0 unspecified atom stereocenters. The molecule has 4 rings (SSSR count). The number of hydrogen-bond acceptors (Lipinski definition) is 5. The first kappa shape index (κ1) is 21.5. The number of aliphatic hydroxyl groups excluding tert-OH is 1. The number of anilines is 1. The highest BCUT2D eigenvalue weighted by Crippen LogP contribution is 2.29. The van der Waals surface area contributed by atoms with Crippen molar-refractivity contribution in [1.82, 2.24) is 9.97 Å². The van der Waals surface area contributed by atoms with Gasteiger partial charge in [0.1, 0.15) is 11.4 Å². The van der Waals surface area contributed by atoms with Crippen molar-refractivity contribution in [3.63, 3.8) is 0 Å². The molecule has 7 heteroatoms. The molecule has 32 heavy (non-hydrogen) atoms. The van der Waals surface area contributed by atoms with Crippen molar-refractivity contribution in [3.8, 4) is 28.3 Å². The summed E-state index contributed by atoms with van der Waals surface area (Å²) in [6.45, 7) is -0.0384. The van der Waals surface area contributed by atoms with Crippen molar-refractivity contribution in [2.24, 2.45) is 0 Å². The standard InChI is InChI=1S/C25H20ClN3O3/c26-20-9-3-16(4-10-20)13-23(32)29-25-24(19-7-11-21(31)12-8-19)28-22(14-27-25)18-5-1-17(15-30)2-6-18/h1-12,14,30-31H,13,15H2,(H,27,29,32). The fourth-order valence-electron chi connectivity index (χ4n) is 3.19. The van der Waals surface area contributed by atoms with Gasteiger partial charge in [-0.1, -0.05) is 48.0 Å². The molecule has 0 saturated heterocycles. The molecule has 0 aliphatic heterocycles. The average molecular weight is 446 g/mol. The van der Waals surface area contributed by atoms with Crippen LogP contribution in [0.2, 0.25) is 5.02 Å². The summed E-state index contributed by atoms with van der Waals surface area (Å²) in [5.41, 5.74) is 4.25. The number of aromatic hydroxyl groups is 1. The number of phenolic OH excluding ortho intramolecular Hbond substituents is 1. The van der Waals surface area contributed by atoms with Gasteiger partial charge in [-0.2, -0.15) is 0 Å². The maximum Gasteiger partial charge on any atom is 0.230 e. The molecule has 160 valence electrons. The number of benzene rings is 3. The van der Waals surface area contributed by atoms with Crippen molar-refractivity contribution in [3.05, 3.63) is 95.1 Å². The van der Waals surface area contributed by atoms with Crippen LogP contribution in [-0.2, 0) is 17.8 Å². The van der Waals surface area contributed by atoms with Crippen LogP contribution in [0.25, 0.3) is 22.5 Å². The van der Waals surface area contributed by atoms with Crippen molar-refractivity contribution < 1.29 is 15.0 Å². The maximum absolute atomic E-state index is 12.7. The molecule has 0 radical (unpaired) electrons. The van der Waals surface area contributed by atoms with Gasteiger partial charge in [-0.25, -0.2) is 9.97 Å². The summed E-state index contributed by atoms with van der Waals surface area (Å²) >= 11 is 5.91. The third-order valence-electron chi connectivity index (χ3n) is 4.88. The van der Waals surface area contributed by atoms with E-state index < -0.39 is 0 Å². The van der Waals surface area contributed by atoms with Gasteiger partial charge >= 0.3 is 0 Å². The van der Waals surface area contributed by atoms with Crippen LogP contribution in [0.4, 0.5) is 5.82 Å². The van der Waals surface area contributed by atoms with Gasteiger partial charge < -0.3 is 15.5 Å². The van der Waals surface area contributed by atoms with Crippen LogP contribution in [0.5, 0.6) is 5.75 Å². The van der Waals surface area contributed by atoms with Gasteiger partial charge in [-0.15, -0.1) is 0 Å². The third-order valence-corrected chi connectivity index (χ3v) is 5.13. The highest BCUT2D eigenvalue weighted by Gasteiger charge is 2.15. The lowest BCUT2D eigenvalue weighted by Crippen LogP contribution is -2.16. The Hall–Kier alpha value is -3.74. The SMILES string of the molecule is O=C(Cc1ccc(Cl)cc1)Nc1ncc(-c2ccc(CO)cc2)nc1-c1ccc(O)cc1. The Bertz CT molecular complexity index is 1230. The molecular weight excluding hydrogens is 426 g/mol. The fraction of sp³-hybridized carbons (Fsp3) is 0.0800. The van der Waals surface area contributed by atoms with Gasteiger partial charge in [-0.3, -0.25) is 4.79 Å². The number of aromatic nitrogens is 2. The Balaban J connectivity index is 1.66. The van der Waals surface area contributed by atoms with Crippen LogP contribution in [0.15, 0.2) is 79.0 Å². The number of carbonyl (C=O) groups is 1. The van der Waals surface area contributed by atoms with Crippen LogP contribution in [0.1, 0.15) is 11.1 Å². The smallest absolute Gasteiger partial charge is 0.230 e. The Kier molecular flexibility index (Phi) is 6.44. The van der Waals surface area contributed by atoms with E-state index in [1.54, 1.807) is 54.7 Å². The quantitative estimate of drug-likeness (QED) is 0.394. The van der Waals surface area contributed by atoms with E-state index in [-0.39, 0.29) is 24.7 Å². The zero-order valence-electron chi connectivity index (χ0n) is 17.0. The summed E-state index contributed by atoms with van der Waals surface area (Å²) in [4.78, 5) is 21.9. The average Bonchev–Trinajstić information content (AvgIpc) is 2.81. The number of rotatable bonds is 6. The minimum absolute atomic E-state index is 0.0384. The Morgan fingerprint density at radius 1 is 0.875 bits per heavy atom. The number of amides is 1. The first-order valence-electron chi connectivity index (χ1n) is 9.93. The minimum atomic E-state index is -0.235. The van der Waals surface area contributed by atoms with E-state index in [0.717, 1.165) is 16.7 Å². The molecule has 0 aliphatic rings. The van der Waals surface area contributed by atoms with Crippen molar-refractivity contribution in [2.75, 3.05) is 5.32 Å². The highest BCUT2D eigenvalue weighted by atomic mass is 35.5. The molecule has 0 bridgehead atoms. The first-order valence-corrected chi connectivity index (χ1v) is 10.3. The second-order valence-corrected chi connectivity index (χ2v) is 7.64. The summed E-state index contributed by atoms with van der Waals surface area (Å²) in [5, 5.41) is 22.4. The van der Waals surface area contributed by atoms with Crippen LogP contribution in [0.3, 0.4) is 0 Å². The van der Waals surface area contributed by atoms with Gasteiger partial charge in [0.25, 0.3) is 0 Å². The molecule has 1 amide bonds. The minimum Gasteiger partial charge on any atom is -0.508 e. The topological polar surface area (TPSA) is 95.3 Å². The zero-order chi connectivity index (χ0) is 22.5. The normalized spacial score (nSPS) is 10.7. The summed E-state index contributed by atoms with van der Waals surface area (Å²) in [6, 6.07) is 21.0. The zero-order valence-corrected chi connectivity index (χ0v) is 17.8. The predicted octanol–water partition coefficient (Wildman–Crippen LogP) is 4.84. The van der Waals surface area contributed by atoms with Crippen molar-refractivity contribution in [1.29, 1.82) is 0 Å². The van der Waals surface area contributed by atoms with E-state index in [2.05, 4.69) is 10.3 Å². The van der Waals surface area contributed by atoms with E-state index in [0.29, 0.717) is 27.8 Å². The Morgan fingerprint density at radius 3 is 2.16 bits per heavy atom. The van der Waals surface area contributed by atoms with E-state index in [4.69, 9.17) is 16.6 Å². The molecule has 0 aliphatic carbocycles. The molecule has 0 spiro atoms. The Labute approximate surface area is 190 Å². The molecular formula is C25H20ClN3O3. The van der Waals surface area contributed by atoms with E-state index >= 15 is 0 Å². The van der Waals surface area contributed by atoms with Crippen LogP contribution in [0, 0.1) is 0 Å². The van der Waals surface area contributed by atoms with Crippen molar-refractivity contribution >= 4 is 23.3 Å². The number of halogens is 1. The second-order valence-electron chi connectivity index (χ2n) is 7.21. The Morgan fingerprint density at radius 2 is 1.50 bits per heavy atom. The van der Waals surface area contributed by atoms with Crippen LogP contribution < -0.4 is 5.32 Å². The molecule has 6 nitrogen and oxygen atoms in total. The second kappa shape index (κ2) is 9.60. The van der Waals surface area contributed by atoms with E-state index in [9.17, 15) is 15.0 Å². The summed E-state index contributed by atoms with van der Waals surface area (Å²) in [7, 11) is 0. The maximum atomic E-state index is 12.7. The molecule has 1 aromatic heterocycles. The third kappa shape index (κ3) is 5.11. The van der Waals surface area contributed by atoms with Gasteiger partial charge in [-0.05, 0) is 47.5 Å². The lowest BCUT2D eigenvalue weighted by atomic mass is 10.1. The monoisotopic (exact) mass is 445 g/mol. The molecule has 0 saturated carbocycles. The largest absolute Gasteiger partial charge is 0.508 e. The predicted molar refractivity (Wildman–Crippen MR) is 124 cm³/mol. The van der Waals surface area contributed by atoms with Gasteiger partial charge in [0.2, 0.25) is 5.91 Å². The number of aliphatic hydroxyl groups is 1. The molecule has 4 aromatic rings. The summed E-state index contributed by atoms with van der Waals surface area (Å²) in [6.07, 6.45) is 1.76. The number of nitrogens with zero attached hydrogens (tertiary/aromatic N) is 2. The summed E-state index contributed by atoms with van der Waals surface area (Å²) < 4.78 is 0. The molecule has 3 N–H and O–H groups in total. The molecule has 0 fully saturated rings. The number of nitrogens with one attached hydrogen (secondary N) is 1. The molecule has 3 aromatic carbocycles. The first-order chi connectivity index (χ1) is 15.5. The molecule has 0 atom stereocenters. The summed E-state index contributed by atoms with van der Waals surface area (Å²) in [5.74, 6) is 0.220. The number of carbonyl (C=O) groups excluding carboxylic acids is 1. The van der Waals surface area contributed by atoms with Crippen molar-refractivity contribution in [2.45, 2.75) is 13.0 Å². The van der Waals surface area contributed by atoms with Crippen LogP contribution >= 0.6 is 11.6 Å². The van der Waals surface area contributed by atoms with E-state index in [1.807, 2.05) is 24.3 Å². The number of phenols is 1. The fourth-order valence-corrected chi connectivity index (χ4v) is 3.31. The van der Waals surface area contributed by atoms with Gasteiger partial charge in [0.15, 0.2) is 5.82 Å². The lowest BCUT2D eigenvalue weighted by Gasteiger charge is -2.12. The lowest BCUT2D eigenvalue weighted by molar-refractivity contribution is -0.115. The highest BCUT2D eigenvalue weighted by molar-refractivity contribution is 6.30. The van der Waals surface area contributed by atoms with Gasteiger partial charge in [0, 0.05) is 16.1 Å². The number of hydrogen-bond donors (Lipinski definition) is 3. The van der Waals surface area contributed by atoms with Crippen LogP contribution in [-0.4, -0.2) is 26.1 Å².